The van der Waals surface area contributed by atoms with Crippen LogP contribution in [0.15, 0.2) is 0 Å². The minimum atomic E-state index is -0.231. The second-order valence-corrected chi connectivity index (χ2v) is 10.3. The van der Waals surface area contributed by atoms with Crippen molar-refractivity contribution in [2.75, 3.05) is 13.3 Å². The molecule has 4 heteroatoms. The molecule has 1 spiro atoms. The van der Waals surface area contributed by atoms with Crippen molar-refractivity contribution < 1.29 is 14.6 Å². The molecule has 0 radical (unpaired) electrons. The van der Waals surface area contributed by atoms with Gasteiger partial charge in [-0.05, 0) is 80.0 Å². The summed E-state index contributed by atoms with van der Waals surface area (Å²) < 4.78 is 12.4. The van der Waals surface area contributed by atoms with Crippen molar-refractivity contribution in [1.82, 2.24) is 0 Å². The van der Waals surface area contributed by atoms with E-state index in [9.17, 15) is 5.11 Å². The smallest absolute Gasteiger partial charge is 0.0944 e. The third-order valence-electron chi connectivity index (χ3n) is 9.45. The van der Waals surface area contributed by atoms with E-state index >= 15 is 0 Å². The molecule has 1 heterocycles. The van der Waals surface area contributed by atoms with Gasteiger partial charge in [0, 0.05) is 13.0 Å². The molecule has 150 valence electrons. The summed E-state index contributed by atoms with van der Waals surface area (Å²) >= 11 is 0. The van der Waals surface area contributed by atoms with Crippen molar-refractivity contribution in [2.24, 2.45) is 34.3 Å². The molecule has 4 aliphatic rings. The third kappa shape index (κ3) is 2.62. The Kier molecular flexibility index (Phi) is 4.95. The van der Waals surface area contributed by atoms with Gasteiger partial charge < -0.3 is 20.3 Å². The third-order valence-corrected chi connectivity index (χ3v) is 9.45. The van der Waals surface area contributed by atoms with E-state index in [-0.39, 0.29) is 30.0 Å². The van der Waals surface area contributed by atoms with Crippen LogP contribution in [0.2, 0.25) is 0 Å². The van der Waals surface area contributed by atoms with Gasteiger partial charge in [-0.25, -0.2) is 0 Å². The molecule has 0 aromatic heterocycles. The van der Waals surface area contributed by atoms with E-state index in [0.29, 0.717) is 17.3 Å². The highest BCUT2D eigenvalue weighted by molar-refractivity contribution is 5.14. The molecule has 0 amide bonds. The second kappa shape index (κ2) is 6.72. The lowest BCUT2D eigenvalue weighted by Crippen LogP contribution is -2.55. The molecule has 1 saturated heterocycles. The highest BCUT2D eigenvalue weighted by Crippen LogP contribution is 2.67. The molecule has 26 heavy (non-hydrogen) atoms. The van der Waals surface area contributed by atoms with Crippen molar-refractivity contribution in [1.29, 1.82) is 0 Å². The molecule has 8 atom stereocenters. The highest BCUT2D eigenvalue weighted by Gasteiger charge is 2.64. The first-order valence-corrected chi connectivity index (χ1v) is 11.0. The monoisotopic (exact) mass is 365 g/mol. The normalized spacial score (nSPS) is 54.6. The predicted molar refractivity (Wildman–Crippen MR) is 103 cm³/mol. The lowest BCUT2D eigenvalue weighted by molar-refractivity contribution is -0.164. The van der Waals surface area contributed by atoms with Gasteiger partial charge in [-0.3, -0.25) is 0 Å². The molecule has 3 saturated carbocycles. The Balaban J connectivity index is 1.58. The van der Waals surface area contributed by atoms with E-state index in [1.54, 1.807) is 0 Å². The first kappa shape index (κ1) is 19.2. The van der Waals surface area contributed by atoms with Gasteiger partial charge in [-0.15, -0.1) is 0 Å². The SMILES string of the molecule is CC1C2CCC3(CCCO3)[C@@]2(C)CCC1[C@@]1(C)CC[C@H](O)C[C@@H]1OCN. The number of ether oxygens (including phenoxy) is 2. The number of nitrogens with two attached hydrogens (primary N) is 1. The molecular weight excluding hydrogens is 326 g/mol. The van der Waals surface area contributed by atoms with Gasteiger partial charge in [0.2, 0.25) is 0 Å². The van der Waals surface area contributed by atoms with Crippen LogP contribution in [0.1, 0.15) is 78.6 Å². The minimum absolute atomic E-state index is 0.0890. The summed E-state index contributed by atoms with van der Waals surface area (Å²) in [5, 5.41) is 10.2. The van der Waals surface area contributed by atoms with Gasteiger partial charge in [0.25, 0.3) is 0 Å². The van der Waals surface area contributed by atoms with Crippen molar-refractivity contribution in [3.63, 3.8) is 0 Å². The van der Waals surface area contributed by atoms with E-state index in [1.807, 2.05) is 0 Å². The Bertz CT molecular complexity index is 520. The zero-order valence-corrected chi connectivity index (χ0v) is 17.0. The largest absolute Gasteiger partial charge is 0.393 e. The number of aliphatic hydroxyl groups excluding tert-OH is 1. The minimum Gasteiger partial charge on any atom is -0.393 e. The van der Waals surface area contributed by atoms with Gasteiger partial charge in [0.1, 0.15) is 0 Å². The Morgan fingerprint density at radius 1 is 1.08 bits per heavy atom. The zero-order chi connectivity index (χ0) is 18.6. The van der Waals surface area contributed by atoms with Crippen LogP contribution in [0.5, 0.6) is 0 Å². The predicted octanol–water partition coefficient (Wildman–Crippen LogP) is 3.85. The zero-order valence-electron chi connectivity index (χ0n) is 17.0. The van der Waals surface area contributed by atoms with Crippen LogP contribution in [0.25, 0.3) is 0 Å². The number of rotatable bonds is 3. The van der Waals surface area contributed by atoms with Crippen molar-refractivity contribution in [3.8, 4) is 0 Å². The average Bonchev–Trinajstić information content (AvgIpc) is 3.19. The molecule has 1 aliphatic heterocycles. The van der Waals surface area contributed by atoms with Gasteiger partial charge in [0.15, 0.2) is 0 Å². The van der Waals surface area contributed by atoms with Gasteiger partial charge in [-0.2, -0.15) is 0 Å². The summed E-state index contributed by atoms with van der Waals surface area (Å²) in [7, 11) is 0. The van der Waals surface area contributed by atoms with Crippen LogP contribution in [0, 0.1) is 28.6 Å². The molecular formula is C22H39NO3. The molecule has 4 fully saturated rings. The Morgan fingerprint density at radius 3 is 2.54 bits per heavy atom. The Hall–Kier alpha value is -0.160. The Morgan fingerprint density at radius 2 is 1.85 bits per heavy atom. The summed E-state index contributed by atoms with van der Waals surface area (Å²) in [6.07, 6.45) is 10.2. The van der Waals surface area contributed by atoms with E-state index in [1.165, 1.54) is 38.5 Å². The second-order valence-electron chi connectivity index (χ2n) is 10.3. The molecule has 3 N–H and O–H groups in total. The van der Waals surface area contributed by atoms with Crippen LogP contribution in [-0.2, 0) is 9.47 Å². The fourth-order valence-corrected chi connectivity index (χ4v) is 7.93. The summed E-state index contributed by atoms with van der Waals surface area (Å²) in [6, 6.07) is 0. The van der Waals surface area contributed by atoms with Crippen LogP contribution < -0.4 is 5.73 Å². The number of fused-ring (bicyclic) bond motifs is 2. The van der Waals surface area contributed by atoms with Crippen LogP contribution >= 0.6 is 0 Å². The highest BCUT2D eigenvalue weighted by atomic mass is 16.5. The maximum Gasteiger partial charge on any atom is 0.0944 e. The van der Waals surface area contributed by atoms with E-state index in [4.69, 9.17) is 15.2 Å². The Labute approximate surface area is 159 Å². The summed E-state index contributed by atoms with van der Waals surface area (Å²) in [4.78, 5) is 0. The lowest BCUT2D eigenvalue weighted by atomic mass is 9.50. The van der Waals surface area contributed by atoms with Gasteiger partial charge in [0.05, 0.1) is 24.5 Å². The lowest BCUT2D eigenvalue weighted by Gasteiger charge is -2.57. The maximum atomic E-state index is 10.2. The summed E-state index contributed by atoms with van der Waals surface area (Å²) in [5.74, 6) is 2.09. The van der Waals surface area contributed by atoms with Gasteiger partial charge >= 0.3 is 0 Å². The van der Waals surface area contributed by atoms with E-state index in [0.717, 1.165) is 31.8 Å². The fourth-order valence-electron chi connectivity index (χ4n) is 7.93. The van der Waals surface area contributed by atoms with E-state index in [2.05, 4.69) is 20.8 Å². The number of hydrogen-bond donors (Lipinski definition) is 2. The molecule has 3 aliphatic carbocycles. The van der Waals surface area contributed by atoms with Crippen molar-refractivity contribution >= 4 is 0 Å². The molecule has 4 rings (SSSR count). The fraction of sp³-hybridized carbons (Fsp3) is 1.00. The molecule has 4 unspecified atom stereocenters. The standard InChI is InChI=1S/C22H39NO3/c1-15-17(20(2)9-5-16(24)13-19(20)25-14-23)6-10-21(3)18(15)7-11-22(21)8-4-12-26-22/h15-19,24H,4-14,23H2,1-3H3/t15?,16-,17?,18?,19-,20+,21-,22?/m0/s1. The average molecular weight is 366 g/mol. The summed E-state index contributed by atoms with van der Waals surface area (Å²) in [5.41, 5.74) is 6.39. The van der Waals surface area contributed by atoms with Crippen LogP contribution in [-0.4, -0.2) is 36.3 Å². The quantitative estimate of drug-likeness (QED) is 0.746. The molecule has 0 aromatic carbocycles. The van der Waals surface area contributed by atoms with Crippen molar-refractivity contribution in [3.05, 3.63) is 0 Å². The topological polar surface area (TPSA) is 64.7 Å². The first-order chi connectivity index (χ1) is 12.4. The first-order valence-electron chi connectivity index (χ1n) is 11.0. The molecule has 0 bridgehead atoms. The molecule has 0 aromatic rings. The van der Waals surface area contributed by atoms with E-state index < -0.39 is 0 Å². The number of aliphatic hydroxyl groups is 1. The van der Waals surface area contributed by atoms with Crippen LogP contribution in [0.4, 0.5) is 0 Å². The summed E-state index contributed by atoms with van der Waals surface area (Å²) in [6.45, 7) is 8.66. The maximum absolute atomic E-state index is 10.2. The molecule has 4 nitrogen and oxygen atoms in total. The van der Waals surface area contributed by atoms with Crippen LogP contribution in [0.3, 0.4) is 0 Å². The van der Waals surface area contributed by atoms with Crippen molar-refractivity contribution in [2.45, 2.75) is 96.4 Å². The van der Waals surface area contributed by atoms with Gasteiger partial charge in [-0.1, -0.05) is 20.8 Å². The number of hydrogen-bond acceptors (Lipinski definition) is 4.